The Bertz CT molecular complexity index is 244. The van der Waals surface area contributed by atoms with Gasteiger partial charge in [-0.1, -0.05) is 20.3 Å². The third-order valence-corrected chi connectivity index (χ3v) is 2.12. The molecule has 1 rings (SSSR count). The number of nitrogens with one attached hydrogen (secondary N) is 1. The molecule has 0 radical (unpaired) electrons. The molecule has 0 amide bonds. The fraction of sp³-hybridized carbons (Fsp3) is 0.875. The van der Waals surface area contributed by atoms with Crippen LogP contribution in [0.4, 0.5) is 0 Å². The van der Waals surface area contributed by atoms with Crippen molar-refractivity contribution in [3.8, 4) is 0 Å². The van der Waals surface area contributed by atoms with E-state index in [-0.39, 0.29) is 0 Å². The molecule has 0 aliphatic heterocycles. The predicted octanol–water partition coefficient (Wildman–Crippen LogP) is 0.439. The van der Waals surface area contributed by atoms with E-state index in [2.05, 4.69) is 34.7 Å². The van der Waals surface area contributed by atoms with Crippen LogP contribution in [0.15, 0.2) is 0 Å². The first-order valence-corrected chi connectivity index (χ1v) is 4.67. The summed E-state index contributed by atoms with van der Waals surface area (Å²) >= 11 is 0. The van der Waals surface area contributed by atoms with Gasteiger partial charge in [0.1, 0.15) is 0 Å². The highest BCUT2D eigenvalue weighted by atomic mass is 15.5. The number of hydrogen-bond acceptors (Lipinski definition) is 4. The standard InChI is InChI=1S/C8H17N5/c1-4-7(2)6-13-8(5-9-3)10-11-12-13/h7,9H,4-6H2,1-3H3. The van der Waals surface area contributed by atoms with Crippen LogP contribution in [0.3, 0.4) is 0 Å². The number of tetrazole rings is 1. The molecule has 0 saturated heterocycles. The fourth-order valence-corrected chi connectivity index (χ4v) is 1.07. The Labute approximate surface area is 78.5 Å². The van der Waals surface area contributed by atoms with Crippen molar-refractivity contribution in [3.63, 3.8) is 0 Å². The first-order valence-electron chi connectivity index (χ1n) is 4.67. The molecule has 0 aromatic carbocycles. The summed E-state index contributed by atoms with van der Waals surface area (Å²) in [7, 11) is 1.89. The zero-order chi connectivity index (χ0) is 9.68. The summed E-state index contributed by atoms with van der Waals surface area (Å²) in [5, 5.41) is 14.6. The largest absolute Gasteiger partial charge is 0.313 e. The topological polar surface area (TPSA) is 55.6 Å². The highest BCUT2D eigenvalue weighted by Gasteiger charge is 2.07. The molecule has 1 atom stereocenters. The Balaban J connectivity index is 2.59. The molecule has 0 aliphatic carbocycles. The van der Waals surface area contributed by atoms with E-state index in [9.17, 15) is 0 Å². The van der Waals surface area contributed by atoms with Gasteiger partial charge < -0.3 is 5.32 Å². The lowest BCUT2D eigenvalue weighted by molar-refractivity contribution is 0.418. The van der Waals surface area contributed by atoms with Gasteiger partial charge in [0.25, 0.3) is 0 Å². The van der Waals surface area contributed by atoms with E-state index < -0.39 is 0 Å². The lowest BCUT2D eigenvalue weighted by atomic mass is 10.1. The van der Waals surface area contributed by atoms with Crippen molar-refractivity contribution in [2.45, 2.75) is 33.4 Å². The molecular formula is C8H17N5. The van der Waals surface area contributed by atoms with E-state index in [1.807, 2.05) is 11.7 Å². The SMILES string of the molecule is CCC(C)Cn1nnnc1CNC. The molecule has 13 heavy (non-hydrogen) atoms. The number of rotatable bonds is 5. The number of aromatic nitrogens is 4. The predicted molar refractivity (Wildman–Crippen MR) is 50.0 cm³/mol. The molecule has 1 aromatic rings. The van der Waals surface area contributed by atoms with Crippen LogP contribution < -0.4 is 5.32 Å². The minimum absolute atomic E-state index is 0.624. The maximum Gasteiger partial charge on any atom is 0.165 e. The third kappa shape index (κ3) is 2.77. The van der Waals surface area contributed by atoms with Gasteiger partial charge in [-0.2, -0.15) is 0 Å². The molecule has 0 spiro atoms. The Morgan fingerprint density at radius 2 is 2.31 bits per heavy atom. The molecule has 1 heterocycles. The van der Waals surface area contributed by atoms with Crippen LogP contribution >= 0.6 is 0 Å². The average molecular weight is 183 g/mol. The van der Waals surface area contributed by atoms with Crippen molar-refractivity contribution in [2.75, 3.05) is 7.05 Å². The molecule has 1 N–H and O–H groups in total. The summed E-state index contributed by atoms with van der Waals surface area (Å²) in [4.78, 5) is 0. The molecular weight excluding hydrogens is 166 g/mol. The second-order valence-electron chi connectivity index (χ2n) is 3.32. The highest BCUT2D eigenvalue weighted by molar-refractivity contribution is 4.79. The molecule has 1 aromatic heterocycles. The van der Waals surface area contributed by atoms with Gasteiger partial charge in [0.15, 0.2) is 5.82 Å². The van der Waals surface area contributed by atoms with Gasteiger partial charge in [-0.15, -0.1) is 5.10 Å². The molecule has 0 aliphatic rings. The third-order valence-electron chi connectivity index (χ3n) is 2.12. The van der Waals surface area contributed by atoms with Crippen LogP contribution in [0.2, 0.25) is 0 Å². The first-order chi connectivity index (χ1) is 6.27. The smallest absolute Gasteiger partial charge is 0.165 e. The number of hydrogen-bond donors (Lipinski definition) is 1. The second kappa shape index (κ2) is 4.91. The van der Waals surface area contributed by atoms with Gasteiger partial charge in [-0.25, -0.2) is 4.68 Å². The first kappa shape index (κ1) is 10.1. The summed E-state index contributed by atoms with van der Waals surface area (Å²) < 4.78 is 1.87. The van der Waals surface area contributed by atoms with Gasteiger partial charge in [0.05, 0.1) is 6.54 Å². The van der Waals surface area contributed by atoms with Crippen LogP contribution in [0.25, 0.3) is 0 Å². The average Bonchev–Trinajstić information content (AvgIpc) is 2.54. The zero-order valence-electron chi connectivity index (χ0n) is 8.49. The van der Waals surface area contributed by atoms with Gasteiger partial charge in [0.2, 0.25) is 0 Å². The van der Waals surface area contributed by atoms with Crippen molar-refractivity contribution in [3.05, 3.63) is 5.82 Å². The van der Waals surface area contributed by atoms with Crippen molar-refractivity contribution in [1.82, 2.24) is 25.5 Å². The van der Waals surface area contributed by atoms with Gasteiger partial charge in [-0.3, -0.25) is 0 Å². The maximum absolute atomic E-state index is 3.94. The maximum atomic E-state index is 3.94. The lowest BCUT2D eigenvalue weighted by Crippen LogP contribution is -2.16. The van der Waals surface area contributed by atoms with Crippen LogP contribution in [0, 0.1) is 5.92 Å². The molecule has 0 fully saturated rings. The normalized spacial score (nSPS) is 13.2. The second-order valence-corrected chi connectivity index (χ2v) is 3.32. The fourth-order valence-electron chi connectivity index (χ4n) is 1.07. The van der Waals surface area contributed by atoms with E-state index in [1.54, 1.807) is 0 Å². The van der Waals surface area contributed by atoms with E-state index in [1.165, 1.54) is 0 Å². The zero-order valence-corrected chi connectivity index (χ0v) is 8.49. The van der Waals surface area contributed by atoms with Crippen molar-refractivity contribution >= 4 is 0 Å². The summed E-state index contributed by atoms with van der Waals surface area (Å²) in [5.74, 6) is 1.53. The minimum atomic E-state index is 0.624. The molecule has 5 heteroatoms. The van der Waals surface area contributed by atoms with E-state index >= 15 is 0 Å². The van der Waals surface area contributed by atoms with Crippen molar-refractivity contribution in [2.24, 2.45) is 5.92 Å². The van der Waals surface area contributed by atoms with Crippen LogP contribution in [-0.2, 0) is 13.1 Å². The lowest BCUT2D eigenvalue weighted by Gasteiger charge is -2.08. The van der Waals surface area contributed by atoms with E-state index in [4.69, 9.17) is 0 Å². The van der Waals surface area contributed by atoms with Crippen LogP contribution in [0.1, 0.15) is 26.1 Å². The monoisotopic (exact) mass is 183 g/mol. The van der Waals surface area contributed by atoms with E-state index in [0.29, 0.717) is 5.92 Å². The Morgan fingerprint density at radius 1 is 1.54 bits per heavy atom. The molecule has 1 unspecified atom stereocenters. The molecule has 0 bridgehead atoms. The van der Waals surface area contributed by atoms with Crippen molar-refractivity contribution in [1.29, 1.82) is 0 Å². The van der Waals surface area contributed by atoms with Gasteiger partial charge >= 0.3 is 0 Å². The van der Waals surface area contributed by atoms with Gasteiger partial charge in [-0.05, 0) is 23.4 Å². The summed E-state index contributed by atoms with van der Waals surface area (Å²) in [5.41, 5.74) is 0. The Kier molecular flexibility index (Phi) is 3.82. The van der Waals surface area contributed by atoms with Crippen LogP contribution in [0.5, 0.6) is 0 Å². The summed E-state index contributed by atoms with van der Waals surface area (Å²) in [6.45, 7) is 6.00. The highest BCUT2D eigenvalue weighted by Crippen LogP contribution is 2.04. The molecule has 74 valence electrons. The summed E-state index contributed by atoms with van der Waals surface area (Å²) in [6.07, 6.45) is 1.15. The number of nitrogens with zero attached hydrogens (tertiary/aromatic N) is 4. The Hall–Kier alpha value is -0.970. The van der Waals surface area contributed by atoms with Crippen molar-refractivity contribution < 1.29 is 0 Å². The molecule has 0 saturated carbocycles. The minimum Gasteiger partial charge on any atom is -0.313 e. The van der Waals surface area contributed by atoms with Crippen LogP contribution in [-0.4, -0.2) is 27.3 Å². The van der Waals surface area contributed by atoms with Gasteiger partial charge in [0, 0.05) is 6.54 Å². The molecule has 5 nitrogen and oxygen atoms in total. The van der Waals surface area contributed by atoms with E-state index in [0.717, 1.165) is 25.3 Å². The quantitative estimate of drug-likeness (QED) is 0.719. The summed E-state index contributed by atoms with van der Waals surface area (Å²) in [6, 6.07) is 0. The Morgan fingerprint density at radius 3 is 2.92 bits per heavy atom.